The topological polar surface area (TPSA) is 67.4 Å². The van der Waals surface area contributed by atoms with Crippen molar-refractivity contribution in [2.24, 2.45) is 0 Å². The monoisotopic (exact) mass is 326 g/mol. The van der Waals surface area contributed by atoms with E-state index in [1.165, 1.54) is 0 Å². The first-order chi connectivity index (χ1) is 11.6. The van der Waals surface area contributed by atoms with Crippen molar-refractivity contribution in [2.45, 2.75) is 19.4 Å². The molecule has 2 N–H and O–H groups in total. The zero-order valence-electron chi connectivity index (χ0n) is 13.4. The molecule has 6 heteroatoms. The van der Waals surface area contributed by atoms with Crippen molar-refractivity contribution in [2.75, 3.05) is 11.9 Å². The summed E-state index contributed by atoms with van der Waals surface area (Å²) in [6.45, 7) is 1.87. The molecule has 1 heterocycles. The molecule has 24 heavy (non-hydrogen) atoms. The number of benzene rings is 2. The highest BCUT2D eigenvalue weighted by molar-refractivity contribution is 5.86. The molecule has 0 aromatic heterocycles. The number of rotatable bonds is 4. The van der Waals surface area contributed by atoms with Crippen LogP contribution in [-0.2, 0) is 16.1 Å². The summed E-state index contributed by atoms with van der Waals surface area (Å²) in [5, 5.41) is 2.85. The fourth-order valence-corrected chi connectivity index (χ4v) is 2.82. The molecule has 2 atom stereocenters. The van der Waals surface area contributed by atoms with Crippen LogP contribution in [0.3, 0.4) is 0 Å². The molecule has 0 saturated carbocycles. The summed E-state index contributed by atoms with van der Waals surface area (Å²) in [6, 6.07) is 18.5. The third kappa shape index (κ3) is 3.29. The molecule has 2 aromatic carbocycles. The molecule has 1 aliphatic heterocycles. The van der Waals surface area contributed by atoms with E-state index in [1.807, 2.05) is 55.5 Å². The Kier molecular flexibility index (Phi) is 4.59. The van der Waals surface area contributed by atoms with E-state index in [4.69, 9.17) is 4.84 Å². The Morgan fingerprint density at radius 3 is 2.38 bits per heavy atom. The van der Waals surface area contributed by atoms with Crippen LogP contribution in [0.5, 0.6) is 0 Å². The van der Waals surface area contributed by atoms with Gasteiger partial charge in [0, 0.05) is 17.7 Å². The van der Waals surface area contributed by atoms with Crippen LogP contribution in [0.2, 0.25) is 0 Å². The molecule has 2 unspecified atom stereocenters. The second kappa shape index (κ2) is 6.82. The van der Waals surface area contributed by atoms with Crippen LogP contribution in [-0.4, -0.2) is 29.2 Å². The second-order valence-corrected chi connectivity index (χ2v) is 5.93. The molecule has 1 aliphatic rings. The van der Waals surface area contributed by atoms with Gasteiger partial charge in [-0.25, -0.2) is 9.59 Å². The van der Waals surface area contributed by atoms with Gasteiger partial charge in [0.1, 0.15) is 6.04 Å². The molecule has 2 amide bonds. The van der Waals surface area contributed by atoms with Gasteiger partial charge in [0.15, 0.2) is 0 Å². The van der Waals surface area contributed by atoms with Crippen LogP contribution in [0.4, 0.5) is 10.5 Å². The molecule has 0 radical (unpaired) electrons. The largest absolute Gasteiger partial charge is 0.443 e. The third-order valence-electron chi connectivity index (χ3n) is 4.21. The van der Waals surface area contributed by atoms with E-state index in [9.17, 15) is 9.59 Å². The zero-order valence-corrected chi connectivity index (χ0v) is 13.4. The molecule has 0 aliphatic carbocycles. The maximum absolute atomic E-state index is 12.9. The number of nitrogens with zero attached hydrogens (tertiary/aromatic N) is 1. The van der Waals surface area contributed by atoms with Gasteiger partial charge in [0.25, 0.3) is 0 Å². The predicted octanol–water partition coefficient (Wildman–Crippen LogP) is 2.64. The van der Waals surface area contributed by atoms with Gasteiger partial charge in [-0.15, -0.1) is 4.59 Å². The first kappa shape index (κ1) is 16.2. The van der Waals surface area contributed by atoms with Gasteiger partial charge in [0.05, 0.1) is 0 Å². The SMILES string of the molecule is CC(Cc1ccccc1)[N+]1(C(=O)Nc2ccccc2)CC(=O)ON1. The molecule has 1 fully saturated rings. The second-order valence-electron chi connectivity index (χ2n) is 5.93. The van der Waals surface area contributed by atoms with Crippen molar-refractivity contribution in [3.05, 3.63) is 66.2 Å². The highest BCUT2D eigenvalue weighted by Crippen LogP contribution is 2.22. The number of anilines is 1. The van der Waals surface area contributed by atoms with Crippen LogP contribution in [0.15, 0.2) is 60.7 Å². The van der Waals surface area contributed by atoms with Crippen molar-refractivity contribution in [1.29, 1.82) is 0 Å². The number of amides is 2. The number of hydrogen-bond acceptors (Lipinski definition) is 4. The number of quaternary nitrogens is 1. The van der Waals surface area contributed by atoms with Crippen LogP contribution >= 0.6 is 0 Å². The number of urea groups is 1. The zero-order chi connectivity index (χ0) is 17.0. The fraction of sp³-hybridized carbons (Fsp3) is 0.222. The summed E-state index contributed by atoms with van der Waals surface area (Å²) in [5.74, 6) is -0.446. The molecule has 3 rings (SSSR count). The Morgan fingerprint density at radius 1 is 1.17 bits per heavy atom. The first-order valence-electron chi connectivity index (χ1n) is 7.85. The van der Waals surface area contributed by atoms with Gasteiger partial charge in [-0.05, 0) is 24.6 Å². The first-order valence-corrected chi connectivity index (χ1v) is 7.85. The average molecular weight is 326 g/mol. The van der Waals surface area contributed by atoms with Gasteiger partial charge in [-0.3, -0.25) is 5.32 Å². The number of carbonyl (C=O) groups excluding carboxylic acids is 2. The molecule has 1 saturated heterocycles. The third-order valence-corrected chi connectivity index (χ3v) is 4.21. The lowest BCUT2D eigenvalue weighted by Crippen LogP contribution is -2.64. The molecular formula is C18H20N3O3+. The Balaban J connectivity index is 1.82. The normalized spacial score (nSPS) is 21.1. The van der Waals surface area contributed by atoms with E-state index in [0.29, 0.717) is 12.1 Å². The maximum atomic E-state index is 12.9. The Bertz CT molecular complexity index is 721. The molecule has 0 bridgehead atoms. The number of hydrogen-bond donors (Lipinski definition) is 2. The van der Waals surface area contributed by atoms with E-state index in [1.54, 1.807) is 12.1 Å². The molecule has 6 nitrogen and oxygen atoms in total. The van der Waals surface area contributed by atoms with Crippen molar-refractivity contribution in [3.8, 4) is 0 Å². The summed E-state index contributed by atoms with van der Waals surface area (Å²) in [7, 11) is 0. The Labute approximate surface area is 140 Å². The van der Waals surface area contributed by atoms with E-state index in [0.717, 1.165) is 5.56 Å². The van der Waals surface area contributed by atoms with Crippen LogP contribution in [0, 0.1) is 0 Å². The summed E-state index contributed by atoms with van der Waals surface area (Å²) < 4.78 is -0.289. The van der Waals surface area contributed by atoms with Crippen LogP contribution in [0.1, 0.15) is 12.5 Å². The summed E-state index contributed by atoms with van der Waals surface area (Å²) >= 11 is 0. The average Bonchev–Trinajstić information content (AvgIpc) is 3.00. The minimum absolute atomic E-state index is 0.0489. The smallest absolute Gasteiger partial charge is 0.318 e. The highest BCUT2D eigenvalue weighted by atomic mass is 16.7. The van der Waals surface area contributed by atoms with Crippen LogP contribution < -0.4 is 10.9 Å². The summed E-state index contributed by atoms with van der Waals surface area (Å²) in [6.07, 6.45) is 0.632. The van der Waals surface area contributed by atoms with Crippen molar-refractivity contribution >= 4 is 17.7 Å². The summed E-state index contributed by atoms with van der Waals surface area (Å²) in [5.41, 5.74) is 4.40. The highest BCUT2D eigenvalue weighted by Gasteiger charge is 2.51. The minimum atomic E-state index is -0.446. The van der Waals surface area contributed by atoms with Gasteiger partial charge >= 0.3 is 12.0 Å². The number of nitrogens with one attached hydrogen (secondary N) is 2. The predicted molar refractivity (Wildman–Crippen MR) is 89.4 cm³/mol. The lowest BCUT2D eigenvalue weighted by molar-refractivity contribution is -0.917. The molecular weight excluding hydrogens is 306 g/mol. The Morgan fingerprint density at radius 2 is 1.79 bits per heavy atom. The van der Waals surface area contributed by atoms with E-state index >= 15 is 0 Å². The Hall–Kier alpha value is -2.70. The minimum Gasteiger partial charge on any atom is -0.318 e. The lowest BCUT2D eigenvalue weighted by atomic mass is 10.1. The van der Waals surface area contributed by atoms with Gasteiger partial charge in [0.2, 0.25) is 6.54 Å². The van der Waals surface area contributed by atoms with E-state index in [2.05, 4.69) is 10.9 Å². The van der Waals surface area contributed by atoms with E-state index in [-0.39, 0.29) is 23.2 Å². The fourth-order valence-electron chi connectivity index (χ4n) is 2.82. The van der Waals surface area contributed by atoms with Crippen molar-refractivity contribution in [3.63, 3.8) is 0 Å². The van der Waals surface area contributed by atoms with Crippen LogP contribution in [0.25, 0.3) is 0 Å². The molecule has 124 valence electrons. The van der Waals surface area contributed by atoms with Gasteiger partial charge in [-0.2, -0.15) is 0 Å². The number of carbonyl (C=O) groups is 2. The van der Waals surface area contributed by atoms with E-state index < -0.39 is 5.97 Å². The molecule has 2 aromatic rings. The van der Waals surface area contributed by atoms with Gasteiger partial charge < -0.3 is 4.84 Å². The van der Waals surface area contributed by atoms with Crippen molar-refractivity contribution < 1.29 is 19.0 Å². The lowest BCUT2D eigenvalue weighted by Gasteiger charge is -2.32. The maximum Gasteiger partial charge on any atom is 0.443 e. The molecule has 0 spiro atoms. The van der Waals surface area contributed by atoms with Crippen molar-refractivity contribution in [1.82, 2.24) is 5.59 Å². The number of para-hydroxylation sites is 1. The summed E-state index contributed by atoms with van der Waals surface area (Å²) in [4.78, 5) is 29.5. The standard InChI is InChI=1S/C18H19N3O3/c1-14(12-15-8-4-2-5-9-15)21(13-17(22)24-20-21)18(23)19-16-10-6-3-7-11-16/h2-11,14,20H,12-13H2,1H3/p+1. The van der Waals surface area contributed by atoms with Gasteiger partial charge in [-0.1, -0.05) is 48.5 Å². The quantitative estimate of drug-likeness (QED) is 0.848.